The van der Waals surface area contributed by atoms with Gasteiger partial charge in [-0.05, 0) is 18.9 Å². The maximum atomic E-state index is 4.20. The molecule has 0 aliphatic heterocycles. The van der Waals surface area contributed by atoms with E-state index in [9.17, 15) is 0 Å². The molecule has 0 spiro atoms. The van der Waals surface area contributed by atoms with Crippen molar-refractivity contribution in [3.05, 3.63) is 54.7 Å². The van der Waals surface area contributed by atoms with Gasteiger partial charge in [-0.2, -0.15) is 0 Å². The van der Waals surface area contributed by atoms with E-state index in [2.05, 4.69) is 29.1 Å². The fourth-order valence-electron chi connectivity index (χ4n) is 1.68. The molecular formula is C18H32N2. The van der Waals surface area contributed by atoms with Gasteiger partial charge < -0.3 is 4.57 Å². The van der Waals surface area contributed by atoms with Crippen LogP contribution in [0.2, 0.25) is 0 Å². The van der Waals surface area contributed by atoms with Gasteiger partial charge in [-0.1, -0.05) is 71.9 Å². The van der Waals surface area contributed by atoms with Crippen LogP contribution in [-0.2, 0) is 13.0 Å². The summed E-state index contributed by atoms with van der Waals surface area (Å²) in [6, 6.07) is 0. The van der Waals surface area contributed by atoms with Crippen LogP contribution in [0.5, 0.6) is 0 Å². The zero-order chi connectivity index (χ0) is 15.8. The summed E-state index contributed by atoms with van der Waals surface area (Å²) in [5.74, 6) is 0. The van der Waals surface area contributed by atoms with Crippen LogP contribution in [0.4, 0.5) is 0 Å². The molecule has 114 valence electrons. The van der Waals surface area contributed by atoms with Gasteiger partial charge in [0, 0.05) is 18.4 Å². The molecule has 0 radical (unpaired) electrons. The Balaban J connectivity index is 0. The number of imidazole rings is 1. The SMILES string of the molecule is C=C/C=C(\C=C/C)Cn1cncc1CCC.CC.CC. The molecule has 0 atom stereocenters. The summed E-state index contributed by atoms with van der Waals surface area (Å²) in [6.45, 7) is 16.8. The van der Waals surface area contributed by atoms with E-state index in [1.807, 2.05) is 65.4 Å². The maximum Gasteiger partial charge on any atom is 0.0951 e. The Kier molecular flexibility index (Phi) is 16.1. The molecule has 0 bridgehead atoms. The smallest absolute Gasteiger partial charge is 0.0951 e. The van der Waals surface area contributed by atoms with Crippen molar-refractivity contribution in [1.82, 2.24) is 9.55 Å². The summed E-state index contributed by atoms with van der Waals surface area (Å²) in [6.07, 6.45) is 14.1. The zero-order valence-corrected chi connectivity index (χ0v) is 14.2. The van der Waals surface area contributed by atoms with Gasteiger partial charge in [-0.3, -0.25) is 0 Å². The zero-order valence-electron chi connectivity index (χ0n) is 14.2. The molecule has 0 saturated heterocycles. The van der Waals surface area contributed by atoms with Crippen molar-refractivity contribution >= 4 is 0 Å². The van der Waals surface area contributed by atoms with E-state index >= 15 is 0 Å². The molecule has 1 heterocycles. The van der Waals surface area contributed by atoms with Crippen LogP contribution in [-0.4, -0.2) is 9.55 Å². The lowest BCUT2D eigenvalue weighted by atomic mass is 10.2. The summed E-state index contributed by atoms with van der Waals surface area (Å²) >= 11 is 0. The van der Waals surface area contributed by atoms with E-state index in [0.717, 1.165) is 19.4 Å². The highest BCUT2D eigenvalue weighted by molar-refractivity contribution is 5.23. The quantitative estimate of drug-likeness (QED) is 0.620. The average molecular weight is 276 g/mol. The lowest BCUT2D eigenvalue weighted by molar-refractivity contribution is 0.722. The van der Waals surface area contributed by atoms with Crippen molar-refractivity contribution in [2.45, 2.75) is 60.9 Å². The third-order valence-corrected chi connectivity index (χ3v) is 2.37. The molecule has 0 amide bonds. The van der Waals surface area contributed by atoms with E-state index in [0.29, 0.717) is 0 Å². The standard InChI is InChI=1S/C14H20N2.2C2H6/c1-4-7-13(8-5-2)11-16-12-15-10-14(16)9-6-3;2*1-2/h4-5,7-8,10,12H,1,6,9,11H2,2-3H3;2*1-2H3/b8-5-,13-7+;;. The van der Waals surface area contributed by atoms with Gasteiger partial charge in [0.1, 0.15) is 0 Å². The van der Waals surface area contributed by atoms with Gasteiger partial charge in [0.2, 0.25) is 0 Å². The van der Waals surface area contributed by atoms with E-state index < -0.39 is 0 Å². The van der Waals surface area contributed by atoms with Crippen molar-refractivity contribution < 1.29 is 0 Å². The van der Waals surface area contributed by atoms with Gasteiger partial charge in [0.25, 0.3) is 0 Å². The van der Waals surface area contributed by atoms with Crippen molar-refractivity contribution in [3.63, 3.8) is 0 Å². The second kappa shape index (κ2) is 15.5. The van der Waals surface area contributed by atoms with Crippen molar-refractivity contribution in [1.29, 1.82) is 0 Å². The minimum Gasteiger partial charge on any atom is -0.330 e. The largest absolute Gasteiger partial charge is 0.330 e. The molecule has 2 nitrogen and oxygen atoms in total. The number of aromatic nitrogens is 2. The van der Waals surface area contributed by atoms with E-state index in [1.165, 1.54) is 11.3 Å². The first-order valence-electron chi connectivity index (χ1n) is 7.75. The summed E-state index contributed by atoms with van der Waals surface area (Å²) in [5.41, 5.74) is 2.54. The number of allylic oxidation sites excluding steroid dienone is 5. The third kappa shape index (κ3) is 8.52. The molecule has 1 rings (SSSR count). The monoisotopic (exact) mass is 276 g/mol. The highest BCUT2D eigenvalue weighted by Crippen LogP contribution is 2.08. The summed E-state index contributed by atoms with van der Waals surface area (Å²) in [7, 11) is 0. The first kappa shape index (κ1) is 20.7. The van der Waals surface area contributed by atoms with Crippen LogP contribution in [0.15, 0.2) is 49.0 Å². The lowest BCUT2D eigenvalue weighted by Gasteiger charge is -2.07. The lowest BCUT2D eigenvalue weighted by Crippen LogP contribution is -2.03. The summed E-state index contributed by atoms with van der Waals surface area (Å²) in [5, 5.41) is 0. The molecule has 1 aromatic rings. The molecular weight excluding hydrogens is 244 g/mol. The molecule has 0 N–H and O–H groups in total. The Morgan fingerprint density at radius 1 is 1.30 bits per heavy atom. The Morgan fingerprint density at radius 2 is 1.95 bits per heavy atom. The number of hydrogen-bond acceptors (Lipinski definition) is 1. The van der Waals surface area contributed by atoms with Crippen LogP contribution < -0.4 is 0 Å². The van der Waals surface area contributed by atoms with Crippen LogP contribution in [0.25, 0.3) is 0 Å². The number of aryl methyl sites for hydroxylation is 1. The van der Waals surface area contributed by atoms with Crippen molar-refractivity contribution in [3.8, 4) is 0 Å². The minimum atomic E-state index is 0.867. The topological polar surface area (TPSA) is 17.8 Å². The Labute approximate surface area is 125 Å². The summed E-state index contributed by atoms with van der Waals surface area (Å²) < 4.78 is 2.19. The van der Waals surface area contributed by atoms with Crippen molar-refractivity contribution in [2.75, 3.05) is 0 Å². The fraction of sp³-hybridized carbons (Fsp3) is 0.500. The van der Waals surface area contributed by atoms with Gasteiger partial charge >= 0.3 is 0 Å². The van der Waals surface area contributed by atoms with E-state index in [1.54, 1.807) is 0 Å². The first-order chi connectivity index (χ1) is 9.81. The minimum absolute atomic E-state index is 0.867. The predicted molar refractivity (Wildman–Crippen MR) is 92.0 cm³/mol. The van der Waals surface area contributed by atoms with Crippen LogP contribution in [0, 0.1) is 0 Å². The first-order valence-corrected chi connectivity index (χ1v) is 7.75. The molecule has 0 unspecified atom stereocenters. The summed E-state index contributed by atoms with van der Waals surface area (Å²) in [4.78, 5) is 4.20. The fourth-order valence-corrected chi connectivity index (χ4v) is 1.68. The van der Waals surface area contributed by atoms with Gasteiger partial charge in [0.15, 0.2) is 0 Å². The Hall–Kier alpha value is -1.57. The molecule has 1 aromatic heterocycles. The van der Waals surface area contributed by atoms with Gasteiger partial charge in [0.05, 0.1) is 6.33 Å². The molecule has 0 saturated carbocycles. The molecule has 0 aromatic carbocycles. The van der Waals surface area contributed by atoms with Crippen LogP contribution in [0.1, 0.15) is 53.7 Å². The molecule has 0 aliphatic carbocycles. The Morgan fingerprint density at radius 3 is 2.45 bits per heavy atom. The molecule has 20 heavy (non-hydrogen) atoms. The second-order valence-electron chi connectivity index (χ2n) is 3.74. The molecule has 0 fully saturated rings. The average Bonchev–Trinajstić information content (AvgIpc) is 2.92. The number of rotatable bonds is 6. The Bertz CT molecular complexity index is 384. The van der Waals surface area contributed by atoms with Gasteiger partial charge in [-0.15, -0.1) is 0 Å². The predicted octanol–water partition coefficient (Wildman–Crippen LogP) is 5.58. The maximum absolute atomic E-state index is 4.20. The van der Waals surface area contributed by atoms with Crippen LogP contribution >= 0.6 is 0 Å². The van der Waals surface area contributed by atoms with Crippen molar-refractivity contribution in [2.24, 2.45) is 0 Å². The highest BCUT2D eigenvalue weighted by atomic mass is 15.0. The van der Waals surface area contributed by atoms with Gasteiger partial charge in [-0.25, -0.2) is 4.98 Å². The van der Waals surface area contributed by atoms with Crippen LogP contribution in [0.3, 0.4) is 0 Å². The second-order valence-corrected chi connectivity index (χ2v) is 3.74. The molecule has 2 heteroatoms. The normalized spacial score (nSPS) is 10.4. The van der Waals surface area contributed by atoms with E-state index in [4.69, 9.17) is 0 Å². The third-order valence-electron chi connectivity index (χ3n) is 2.37. The number of nitrogens with zero attached hydrogens (tertiary/aromatic N) is 2. The van der Waals surface area contributed by atoms with E-state index in [-0.39, 0.29) is 0 Å². The molecule has 0 aliphatic rings. The highest BCUT2D eigenvalue weighted by Gasteiger charge is 2.01. The number of hydrogen-bond donors (Lipinski definition) is 0.